The van der Waals surface area contributed by atoms with Crippen molar-refractivity contribution in [3.05, 3.63) is 47.5 Å². The summed E-state index contributed by atoms with van der Waals surface area (Å²) in [6.45, 7) is 9.79. The Morgan fingerprint density at radius 2 is 1.22 bits per heavy atom. The van der Waals surface area contributed by atoms with E-state index in [0.717, 1.165) is 70.2 Å². The molecular weight excluding hydrogens is 336 g/mol. The van der Waals surface area contributed by atoms with Gasteiger partial charge in [0.1, 0.15) is 11.5 Å². The number of rotatable bonds is 12. The molecule has 2 N–H and O–H groups in total. The number of benzene rings is 2. The van der Waals surface area contributed by atoms with E-state index in [1.807, 2.05) is 0 Å². The molecule has 4 nitrogen and oxygen atoms in total. The second-order valence-corrected chi connectivity index (χ2v) is 6.93. The Bertz CT molecular complexity index is 669. The molecule has 1 aliphatic carbocycles. The van der Waals surface area contributed by atoms with Gasteiger partial charge >= 0.3 is 0 Å². The van der Waals surface area contributed by atoms with Crippen LogP contribution in [0.2, 0.25) is 0 Å². The Balaban J connectivity index is 1.55. The van der Waals surface area contributed by atoms with Gasteiger partial charge in [0.25, 0.3) is 0 Å². The third-order valence-electron chi connectivity index (χ3n) is 4.86. The predicted molar refractivity (Wildman–Crippen MR) is 112 cm³/mol. The predicted octanol–water partition coefficient (Wildman–Crippen LogP) is 4.01. The molecule has 0 spiro atoms. The summed E-state index contributed by atoms with van der Waals surface area (Å²) < 4.78 is 11.8. The first-order valence-electron chi connectivity index (χ1n) is 10.2. The third-order valence-corrected chi connectivity index (χ3v) is 4.86. The van der Waals surface area contributed by atoms with Gasteiger partial charge < -0.3 is 20.1 Å². The topological polar surface area (TPSA) is 42.5 Å². The SMILES string of the molecule is CCNCCCOc1ccc2c(c1)Cc1cc(OCCCNCC)ccc1-2. The van der Waals surface area contributed by atoms with Crippen molar-refractivity contribution in [2.24, 2.45) is 0 Å². The maximum Gasteiger partial charge on any atom is 0.119 e. The van der Waals surface area contributed by atoms with E-state index in [-0.39, 0.29) is 0 Å². The highest BCUT2D eigenvalue weighted by atomic mass is 16.5. The molecule has 0 saturated carbocycles. The van der Waals surface area contributed by atoms with Crippen LogP contribution in [0.15, 0.2) is 36.4 Å². The van der Waals surface area contributed by atoms with Crippen LogP contribution in [0.3, 0.4) is 0 Å². The van der Waals surface area contributed by atoms with Crippen molar-refractivity contribution in [1.29, 1.82) is 0 Å². The van der Waals surface area contributed by atoms with E-state index in [1.165, 1.54) is 22.3 Å². The molecule has 0 radical (unpaired) electrons. The first kappa shape index (κ1) is 19.7. The summed E-state index contributed by atoms with van der Waals surface area (Å²) in [5.74, 6) is 1.94. The Morgan fingerprint density at radius 3 is 1.67 bits per heavy atom. The van der Waals surface area contributed by atoms with Crippen LogP contribution >= 0.6 is 0 Å². The van der Waals surface area contributed by atoms with Crippen LogP contribution in [0.1, 0.15) is 37.8 Å². The normalized spacial score (nSPS) is 11.9. The lowest BCUT2D eigenvalue weighted by Crippen LogP contribution is -2.16. The van der Waals surface area contributed by atoms with Gasteiger partial charge in [0.15, 0.2) is 0 Å². The van der Waals surface area contributed by atoms with Gasteiger partial charge in [-0.2, -0.15) is 0 Å². The quantitative estimate of drug-likeness (QED) is 0.474. The molecule has 27 heavy (non-hydrogen) atoms. The minimum absolute atomic E-state index is 0.754. The van der Waals surface area contributed by atoms with Gasteiger partial charge in [0.05, 0.1) is 13.2 Å². The van der Waals surface area contributed by atoms with Crippen molar-refractivity contribution in [3.63, 3.8) is 0 Å². The van der Waals surface area contributed by atoms with Gasteiger partial charge in [0.2, 0.25) is 0 Å². The highest BCUT2D eigenvalue weighted by Gasteiger charge is 2.19. The van der Waals surface area contributed by atoms with E-state index in [2.05, 4.69) is 60.9 Å². The van der Waals surface area contributed by atoms with Crippen molar-refractivity contribution in [2.75, 3.05) is 39.4 Å². The summed E-state index contributed by atoms with van der Waals surface area (Å²) in [6.07, 6.45) is 3.01. The molecule has 146 valence electrons. The monoisotopic (exact) mass is 368 g/mol. The molecule has 0 atom stereocenters. The number of nitrogens with one attached hydrogen (secondary N) is 2. The van der Waals surface area contributed by atoms with Crippen LogP contribution in [-0.4, -0.2) is 39.4 Å². The Morgan fingerprint density at radius 1 is 0.741 bits per heavy atom. The van der Waals surface area contributed by atoms with Crippen LogP contribution in [0, 0.1) is 0 Å². The third kappa shape index (κ3) is 5.47. The second kappa shape index (κ2) is 10.3. The number of hydrogen-bond donors (Lipinski definition) is 2. The minimum atomic E-state index is 0.754. The standard InChI is InChI=1S/C23H32N2O2/c1-3-24-11-5-13-26-20-7-9-22-18(16-20)15-19-17-21(8-10-23(19)22)27-14-6-12-25-4-2/h7-10,16-17,24-25H,3-6,11-15H2,1-2H3. The second-order valence-electron chi connectivity index (χ2n) is 6.93. The summed E-state index contributed by atoms with van der Waals surface area (Å²) in [7, 11) is 0. The Hall–Kier alpha value is -2.04. The zero-order valence-electron chi connectivity index (χ0n) is 16.6. The maximum atomic E-state index is 5.92. The zero-order chi connectivity index (χ0) is 18.9. The maximum absolute atomic E-state index is 5.92. The molecule has 0 amide bonds. The van der Waals surface area contributed by atoms with E-state index in [1.54, 1.807) is 0 Å². The van der Waals surface area contributed by atoms with E-state index in [4.69, 9.17) is 9.47 Å². The summed E-state index contributed by atoms with van der Waals surface area (Å²) in [5.41, 5.74) is 5.34. The van der Waals surface area contributed by atoms with Gasteiger partial charge in [0, 0.05) is 0 Å². The van der Waals surface area contributed by atoms with Crippen molar-refractivity contribution in [2.45, 2.75) is 33.1 Å². The zero-order valence-corrected chi connectivity index (χ0v) is 16.6. The van der Waals surface area contributed by atoms with E-state index < -0.39 is 0 Å². The molecule has 4 heteroatoms. The molecule has 0 bridgehead atoms. The van der Waals surface area contributed by atoms with E-state index in [9.17, 15) is 0 Å². The summed E-state index contributed by atoms with van der Waals surface area (Å²) in [6, 6.07) is 13.0. The summed E-state index contributed by atoms with van der Waals surface area (Å²) in [4.78, 5) is 0. The first-order valence-corrected chi connectivity index (χ1v) is 10.2. The average molecular weight is 369 g/mol. The van der Waals surface area contributed by atoms with Crippen LogP contribution < -0.4 is 20.1 Å². The minimum Gasteiger partial charge on any atom is -0.494 e. The number of ether oxygens (including phenoxy) is 2. The largest absolute Gasteiger partial charge is 0.494 e. The fourth-order valence-corrected chi connectivity index (χ4v) is 3.47. The van der Waals surface area contributed by atoms with Gasteiger partial charge in [-0.3, -0.25) is 0 Å². The molecule has 0 aromatic heterocycles. The van der Waals surface area contributed by atoms with Crippen LogP contribution in [0.4, 0.5) is 0 Å². The van der Waals surface area contributed by atoms with Gasteiger partial charge in [-0.1, -0.05) is 26.0 Å². The van der Waals surface area contributed by atoms with Crippen LogP contribution in [-0.2, 0) is 6.42 Å². The van der Waals surface area contributed by atoms with Gasteiger partial charge in [-0.05, 0) is 92.0 Å². The van der Waals surface area contributed by atoms with Crippen LogP contribution in [0.25, 0.3) is 11.1 Å². The molecule has 0 fully saturated rings. The molecule has 0 unspecified atom stereocenters. The first-order chi connectivity index (χ1) is 13.3. The van der Waals surface area contributed by atoms with E-state index >= 15 is 0 Å². The molecule has 0 heterocycles. The van der Waals surface area contributed by atoms with Crippen LogP contribution in [0.5, 0.6) is 11.5 Å². The molecule has 0 aliphatic heterocycles. The average Bonchev–Trinajstić information content (AvgIpc) is 3.04. The fourth-order valence-electron chi connectivity index (χ4n) is 3.47. The highest BCUT2D eigenvalue weighted by molar-refractivity contribution is 5.78. The Labute approximate surface area is 163 Å². The molecule has 2 aromatic rings. The van der Waals surface area contributed by atoms with Gasteiger partial charge in [-0.25, -0.2) is 0 Å². The lowest BCUT2D eigenvalue weighted by atomic mass is 10.1. The molecule has 0 saturated heterocycles. The Kier molecular flexibility index (Phi) is 7.55. The van der Waals surface area contributed by atoms with Gasteiger partial charge in [-0.15, -0.1) is 0 Å². The highest BCUT2D eigenvalue weighted by Crippen LogP contribution is 2.39. The molecule has 3 rings (SSSR count). The number of hydrogen-bond acceptors (Lipinski definition) is 4. The van der Waals surface area contributed by atoms with Crippen molar-refractivity contribution >= 4 is 0 Å². The fraction of sp³-hybridized carbons (Fsp3) is 0.478. The van der Waals surface area contributed by atoms with Crippen molar-refractivity contribution in [1.82, 2.24) is 10.6 Å². The smallest absolute Gasteiger partial charge is 0.119 e. The van der Waals surface area contributed by atoms with Crippen molar-refractivity contribution in [3.8, 4) is 22.6 Å². The lowest BCUT2D eigenvalue weighted by molar-refractivity contribution is 0.308. The van der Waals surface area contributed by atoms with E-state index in [0.29, 0.717) is 0 Å². The molecule has 1 aliphatic rings. The number of fused-ring (bicyclic) bond motifs is 3. The van der Waals surface area contributed by atoms with Crippen molar-refractivity contribution < 1.29 is 9.47 Å². The summed E-state index contributed by atoms with van der Waals surface area (Å²) >= 11 is 0. The molecular formula is C23H32N2O2. The summed E-state index contributed by atoms with van der Waals surface area (Å²) in [5, 5.41) is 6.64. The molecule has 2 aromatic carbocycles. The lowest BCUT2D eigenvalue weighted by Gasteiger charge is -2.09.